The van der Waals surface area contributed by atoms with Gasteiger partial charge in [-0.1, -0.05) is 26.2 Å². The molecule has 0 aromatic carbocycles. The van der Waals surface area contributed by atoms with Gasteiger partial charge >= 0.3 is 5.97 Å². The third-order valence-corrected chi connectivity index (χ3v) is 3.38. The van der Waals surface area contributed by atoms with Gasteiger partial charge in [-0.25, -0.2) is 0 Å². The number of thiol groups is 1. The van der Waals surface area contributed by atoms with Crippen molar-refractivity contribution in [2.75, 3.05) is 19.0 Å². The van der Waals surface area contributed by atoms with Gasteiger partial charge in [0.25, 0.3) is 0 Å². The molecule has 3 nitrogen and oxygen atoms in total. The largest absolute Gasteiger partial charge is 0.463 e. The molecule has 0 bridgehead atoms. The maximum absolute atomic E-state index is 11.6. The Morgan fingerprint density at radius 3 is 2.75 bits per heavy atom. The Morgan fingerprint density at radius 2 is 2.06 bits per heavy atom. The lowest BCUT2D eigenvalue weighted by atomic mass is 9.89. The second-order valence-electron chi connectivity index (χ2n) is 3.98. The lowest BCUT2D eigenvalue weighted by Crippen LogP contribution is -2.21. The van der Waals surface area contributed by atoms with Crippen LogP contribution >= 0.6 is 11.4 Å². The number of hydrogen-bond donors (Lipinski definition) is 1. The van der Waals surface area contributed by atoms with Crippen LogP contribution in [-0.2, 0) is 14.3 Å². The summed E-state index contributed by atoms with van der Waals surface area (Å²) < 4.78 is 10.4. The lowest BCUT2D eigenvalue weighted by molar-refractivity contribution is -0.150. The van der Waals surface area contributed by atoms with Crippen molar-refractivity contribution in [1.29, 1.82) is 0 Å². The molecule has 0 amide bonds. The summed E-state index contributed by atoms with van der Waals surface area (Å²) in [5.74, 6) is 1.17. The Balaban J connectivity index is 2.03. The van der Waals surface area contributed by atoms with E-state index < -0.39 is 0 Å². The van der Waals surface area contributed by atoms with Crippen LogP contribution in [0.1, 0.15) is 39.0 Å². The zero-order chi connectivity index (χ0) is 11.6. The van der Waals surface area contributed by atoms with Gasteiger partial charge in [-0.15, -0.1) is 0 Å². The standard InChI is InChI=1S/C12H22O3S/c1-2-16-10-14-8-9-15-12(13)11-6-4-3-5-7-11/h10-11,16H,2-9H2,1H3. The topological polar surface area (TPSA) is 35.5 Å². The van der Waals surface area contributed by atoms with E-state index in [1.807, 2.05) is 0 Å². The molecule has 0 radical (unpaired) electrons. The number of hydrogen-bond acceptors (Lipinski definition) is 3. The predicted octanol–water partition coefficient (Wildman–Crippen LogP) is 2.37. The van der Waals surface area contributed by atoms with Gasteiger partial charge in [-0.2, -0.15) is 11.4 Å². The summed E-state index contributed by atoms with van der Waals surface area (Å²) in [7, 11) is 0. The van der Waals surface area contributed by atoms with E-state index in [0.29, 0.717) is 13.2 Å². The number of carbonyl (C=O) groups is 1. The van der Waals surface area contributed by atoms with E-state index in [9.17, 15) is 4.79 Å². The number of carbonyl (C=O) groups excluding carboxylic acids is 1. The molecule has 1 aliphatic rings. The molecule has 0 unspecified atom stereocenters. The van der Waals surface area contributed by atoms with Crippen LogP contribution in [0.25, 0.3) is 0 Å². The molecule has 0 aromatic rings. The molecule has 16 heavy (non-hydrogen) atoms. The summed E-state index contributed by atoms with van der Waals surface area (Å²) in [6.07, 6.45) is 5.59. The molecule has 0 saturated heterocycles. The van der Waals surface area contributed by atoms with Gasteiger partial charge in [-0.05, 0) is 18.6 Å². The van der Waals surface area contributed by atoms with Gasteiger partial charge in [0.15, 0.2) is 0 Å². The average Bonchev–Trinajstić information content (AvgIpc) is 2.34. The SMILES string of the molecule is CC[SH]=COCCOC(=O)C1CCCCC1. The highest BCUT2D eigenvalue weighted by Gasteiger charge is 2.21. The van der Waals surface area contributed by atoms with Crippen molar-refractivity contribution in [2.24, 2.45) is 5.92 Å². The summed E-state index contributed by atoms with van der Waals surface area (Å²) in [5.41, 5.74) is 1.76. The maximum atomic E-state index is 11.6. The second-order valence-corrected chi connectivity index (χ2v) is 5.19. The number of ether oxygens (including phenoxy) is 2. The summed E-state index contributed by atoms with van der Waals surface area (Å²) in [4.78, 5) is 11.6. The van der Waals surface area contributed by atoms with Gasteiger partial charge < -0.3 is 9.47 Å². The molecule has 0 atom stereocenters. The van der Waals surface area contributed by atoms with Gasteiger partial charge in [-0.3, -0.25) is 4.79 Å². The third kappa shape index (κ3) is 5.66. The Bertz CT molecular complexity index is 222. The Labute approximate surface area is 101 Å². The van der Waals surface area contributed by atoms with Crippen molar-refractivity contribution in [3.8, 4) is 0 Å². The van der Waals surface area contributed by atoms with Gasteiger partial charge in [0, 0.05) is 0 Å². The van der Waals surface area contributed by atoms with E-state index in [1.54, 1.807) is 5.55 Å². The minimum Gasteiger partial charge on any atom is -0.463 e. The zero-order valence-corrected chi connectivity index (χ0v) is 10.9. The van der Waals surface area contributed by atoms with Crippen molar-refractivity contribution >= 4 is 22.9 Å². The first-order valence-corrected chi connectivity index (χ1v) is 7.26. The molecule has 1 aliphatic carbocycles. The quantitative estimate of drug-likeness (QED) is 0.338. The van der Waals surface area contributed by atoms with E-state index in [1.165, 1.54) is 30.6 Å². The van der Waals surface area contributed by atoms with Crippen LogP contribution in [0.2, 0.25) is 0 Å². The zero-order valence-electron chi connectivity index (χ0n) is 9.98. The van der Waals surface area contributed by atoms with E-state index in [4.69, 9.17) is 9.47 Å². The summed E-state index contributed by atoms with van der Waals surface area (Å²) in [6.45, 7) is 2.95. The van der Waals surface area contributed by atoms with Crippen molar-refractivity contribution < 1.29 is 14.3 Å². The molecule has 94 valence electrons. The smallest absolute Gasteiger partial charge is 0.309 e. The van der Waals surface area contributed by atoms with Crippen LogP contribution in [0, 0.1) is 5.92 Å². The summed E-state index contributed by atoms with van der Waals surface area (Å²) >= 11 is 1.17. The fourth-order valence-corrected chi connectivity index (χ4v) is 2.19. The monoisotopic (exact) mass is 246 g/mol. The molecule has 0 aromatic heterocycles. The normalized spacial score (nSPS) is 18.3. The van der Waals surface area contributed by atoms with Crippen LogP contribution in [0.3, 0.4) is 0 Å². The first-order valence-electron chi connectivity index (χ1n) is 6.11. The number of esters is 1. The molecule has 1 rings (SSSR count). The van der Waals surface area contributed by atoms with Gasteiger partial charge in [0.05, 0.1) is 18.1 Å². The fourth-order valence-electron chi connectivity index (χ4n) is 1.83. The van der Waals surface area contributed by atoms with Crippen molar-refractivity contribution in [3.63, 3.8) is 0 Å². The molecule has 0 heterocycles. The van der Waals surface area contributed by atoms with E-state index in [-0.39, 0.29) is 11.9 Å². The third-order valence-electron chi connectivity index (χ3n) is 2.72. The molecule has 1 saturated carbocycles. The molecule has 0 aliphatic heterocycles. The Morgan fingerprint density at radius 1 is 1.31 bits per heavy atom. The highest BCUT2D eigenvalue weighted by molar-refractivity contribution is 7.97. The van der Waals surface area contributed by atoms with Crippen LogP contribution < -0.4 is 0 Å². The van der Waals surface area contributed by atoms with E-state index in [0.717, 1.165) is 18.6 Å². The van der Waals surface area contributed by atoms with Gasteiger partial charge in [0.1, 0.15) is 6.61 Å². The molecule has 0 N–H and O–H groups in total. The van der Waals surface area contributed by atoms with Crippen molar-refractivity contribution in [3.05, 3.63) is 0 Å². The minimum atomic E-state index is -0.0312. The first-order chi connectivity index (χ1) is 7.84. The lowest BCUT2D eigenvalue weighted by Gasteiger charge is -2.19. The van der Waals surface area contributed by atoms with Crippen LogP contribution in [0.15, 0.2) is 0 Å². The van der Waals surface area contributed by atoms with Crippen molar-refractivity contribution in [1.82, 2.24) is 0 Å². The maximum Gasteiger partial charge on any atom is 0.309 e. The first kappa shape index (κ1) is 13.7. The van der Waals surface area contributed by atoms with Gasteiger partial charge in [0.2, 0.25) is 0 Å². The number of rotatable bonds is 6. The highest BCUT2D eigenvalue weighted by Crippen LogP contribution is 2.24. The molecule has 0 spiro atoms. The average molecular weight is 246 g/mol. The second kappa shape index (κ2) is 8.76. The van der Waals surface area contributed by atoms with Crippen LogP contribution in [0.4, 0.5) is 0 Å². The molecular weight excluding hydrogens is 224 g/mol. The van der Waals surface area contributed by atoms with Crippen molar-refractivity contribution in [2.45, 2.75) is 39.0 Å². The van der Waals surface area contributed by atoms with E-state index >= 15 is 0 Å². The molecule has 1 fully saturated rings. The summed E-state index contributed by atoms with van der Waals surface area (Å²) in [6, 6.07) is 0. The molecular formula is C12H22O3S. The predicted molar refractivity (Wildman–Crippen MR) is 69.1 cm³/mol. The van der Waals surface area contributed by atoms with Crippen LogP contribution in [0.5, 0.6) is 0 Å². The Kier molecular flexibility index (Phi) is 7.51. The highest BCUT2D eigenvalue weighted by atomic mass is 32.1. The van der Waals surface area contributed by atoms with Crippen LogP contribution in [-0.4, -0.2) is 30.5 Å². The Hall–Kier alpha value is -0.350. The summed E-state index contributed by atoms with van der Waals surface area (Å²) in [5, 5.41) is 0. The molecule has 4 heteroatoms. The minimum absolute atomic E-state index is 0.0312. The van der Waals surface area contributed by atoms with E-state index in [2.05, 4.69) is 6.92 Å². The fraction of sp³-hybridized carbons (Fsp3) is 0.833.